The molecule has 0 heterocycles. The number of hydrogen-bond acceptors (Lipinski definition) is 3. The first-order valence-electron chi connectivity index (χ1n) is 6.47. The maximum absolute atomic E-state index is 13.4. The summed E-state index contributed by atoms with van der Waals surface area (Å²) in [6.45, 7) is 4.36. The Hall–Kier alpha value is -1.62. The van der Waals surface area contributed by atoms with Gasteiger partial charge >= 0.3 is 0 Å². The van der Waals surface area contributed by atoms with Gasteiger partial charge < -0.3 is 15.4 Å². The Morgan fingerprint density at radius 2 is 2.11 bits per heavy atom. The van der Waals surface area contributed by atoms with Crippen LogP contribution in [-0.2, 0) is 11.2 Å². The highest BCUT2D eigenvalue weighted by molar-refractivity contribution is 5.78. The van der Waals surface area contributed by atoms with Crippen molar-refractivity contribution in [3.63, 3.8) is 0 Å². The molecule has 1 aromatic rings. The van der Waals surface area contributed by atoms with Gasteiger partial charge in [-0.05, 0) is 30.7 Å². The number of amides is 1. The highest BCUT2D eigenvalue weighted by Gasteiger charge is 2.07. The van der Waals surface area contributed by atoms with Crippen LogP contribution in [0.1, 0.15) is 18.9 Å². The Morgan fingerprint density at radius 3 is 2.74 bits per heavy atom. The fourth-order valence-electron chi connectivity index (χ4n) is 1.66. The molecule has 1 amide bonds. The van der Waals surface area contributed by atoms with Crippen molar-refractivity contribution in [1.82, 2.24) is 10.6 Å². The molecule has 0 atom stereocenters. The monoisotopic (exact) mass is 268 g/mol. The van der Waals surface area contributed by atoms with Crippen molar-refractivity contribution >= 4 is 5.91 Å². The van der Waals surface area contributed by atoms with Crippen LogP contribution in [0.2, 0.25) is 0 Å². The summed E-state index contributed by atoms with van der Waals surface area (Å²) in [6.07, 6.45) is 1.24. The van der Waals surface area contributed by atoms with Crippen molar-refractivity contribution in [1.29, 1.82) is 0 Å². The first-order valence-corrected chi connectivity index (χ1v) is 6.47. The van der Waals surface area contributed by atoms with Gasteiger partial charge in [-0.2, -0.15) is 0 Å². The molecule has 0 aliphatic rings. The average Bonchev–Trinajstić information content (AvgIpc) is 2.39. The molecule has 2 N–H and O–H groups in total. The number of halogens is 1. The van der Waals surface area contributed by atoms with E-state index in [1.54, 1.807) is 6.07 Å². The smallest absolute Gasteiger partial charge is 0.224 e. The molecule has 5 heteroatoms. The van der Waals surface area contributed by atoms with E-state index >= 15 is 0 Å². The standard InChI is InChI=1S/C14H21FN2O2/c1-3-6-16-7-8-17-14(18)10-11-4-5-13(19-2)12(15)9-11/h4-5,9,16H,3,6-8,10H2,1-2H3,(H,17,18). The van der Waals surface area contributed by atoms with Gasteiger partial charge in [0.15, 0.2) is 11.6 Å². The Morgan fingerprint density at radius 1 is 1.32 bits per heavy atom. The summed E-state index contributed by atoms with van der Waals surface area (Å²) in [6, 6.07) is 4.55. The second kappa shape index (κ2) is 8.48. The number of ether oxygens (including phenoxy) is 1. The SMILES string of the molecule is CCCNCCNC(=O)Cc1ccc(OC)c(F)c1. The van der Waals surface area contributed by atoms with E-state index in [1.165, 1.54) is 19.2 Å². The second-order valence-electron chi connectivity index (χ2n) is 4.25. The molecule has 0 saturated heterocycles. The molecule has 0 spiro atoms. The van der Waals surface area contributed by atoms with Crippen molar-refractivity contribution in [3.8, 4) is 5.75 Å². The quantitative estimate of drug-likeness (QED) is 0.702. The molecule has 0 unspecified atom stereocenters. The van der Waals surface area contributed by atoms with Crippen molar-refractivity contribution in [2.75, 3.05) is 26.7 Å². The van der Waals surface area contributed by atoms with Crippen molar-refractivity contribution < 1.29 is 13.9 Å². The molecule has 0 bridgehead atoms. The summed E-state index contributed by atoms with van der Waals surface area (Å²) in [5.74, 6) is -0.367. The molecule has 0 aliphatic heterocycles. The van der Waals surface area contributed by atoms with Crippen molar-refractivity contribution in [3.05, 3.63) is 29.6 Å². The van der Waals surface area contributed by atoms with E-state index in [0.29, 0.717) is 12.1 Å². The van der Waals surface area contributed by atoms with Crippen LogP contribution < -0.4 is 15.4 Å². The maximum Gasteiger partial charge on any atom is 0.224 e. The predicted octanol–water partition coefficient (Wildman–Crippen LogP) is 1.49. The zero-order valence-electron chi connectivity index (χ0n) is 11.5. The van der Waals surface area contributed by atoms with Crippen LogP contribution in [-0.4, -0.2) is 32.7 Å². The van der Waals surface area contributed by atoms with Crippen molar-refractivity contribution in [2.24, 2.45) is 0 Å². The molecule has 1 aromatic carbocycles. The van der Waals surface area contributed by atoms with E-state index in [4.69, 9.17) is 4.74 Å². The maximum atomic E-state index is 13.4. The number of hydrogen-bond donors (Lipinski definition) is 2. The summed E-state index contributed by atoms with van der Waals surface area (Å²) in [7, 11) is 1.41. The number of nitrogens with one attached hydrogen (secondary N) is 2. The first-order chi connectivity index (χ1) is 9.17. The van der Waals surface area contributed by atoms with Gasteiger partial charge in [-0.25, -0.2) is 4.39 Å². The van der Waals surface area contributed by atoms with Crippen molar-refractivity contribution in [2.45, 2.75) is 19.8 Å². The molecule has 0 aromatic heterocycles. The number of benzene rings is 1. The normalized spacial score (nSPS) is 10.3. The third kappa shape index (κ3) is 5.70. The second-order valence-corrected chi connectivity index (χ2v) is 4.25. The number of methoxy groups -OCH3 is 1. The molecule has 4 nitrogen and oxygen atoms in total. The van der Waals surface area contributed by atoms with Gasteiger partial charge in [-0.15, -0.1) is 0 Å². The Bertz CT molecular complexity index is 410. The van der Waals surface area contributed by atoms with Gasteiger partial charge in [0.2, 0.25) is 5.91 Å². The lowest BCUT2D eigenvalue weighted by Crippen LogP contribution is -2.33. The van der Waals surface area contributed by atoms with Crippen LogP contribution in [0.3, 0.4) is 0 Å². The summed E-state index contributed by atoms with van der Waals surface area (Å²) >= 11 is 0. The third-order valence-electron chi connectivity index (χ3n) is 2.63. The fraction of sp³-hybridized carbons (Fsp3) is 0.500. The van der Waals surface area contributed by atoms with Crippen LogP contribution in [0.25, 0.3) is 0 Å². The third-order valence-corrected chi connectivity index (χ3v) is 2.63. The van der Waals surface area contributed by atoms with Gasteiger partial charge in [-0.1, -0.05) is 13.0 Å². The molecule has 0 saturated carbocycles. The van der Waals surface area contributed by atoms with Crippen LogP contribution in [0.4, 0.5) is 4.39 Å². The Kier molecular flexibility index (Phi) is 6.89. The Balaban J connectivity index is 2.34. The number of carbonyl (C=O) groups excluding carboxylic acids is 1. The van der Waals surface area contributed by atoms with Gasteiger partial charge in [0, 0.05) is 13.1 Å². The zero-order valence-corrected chi connectivity index (χ0v) is 11.5. The molecular formula is C14H21FN2O2. The van der Waals surface area contributed by atoms with E-state index in [9.17, 15) is 9.18 Å². The number of rotatable bonds is 8. The number of carbonyl (C=O) groups is 1. The van der Waals surface area contributed by atoms with Gasteiger partial charge in [0.25, 0.3) is 0 Å². The van der Waals surface area contributed by atoms with E-state index < -0.39 is 5.82 Å². The van der Waals surface area contributed by atoms with Gasteiger partial charge in [-0.3, -0.25) is 4.79 Å². The average molecular weight is 268 g/mol. The molecule has 0 fully saturated rings. The molecule has 1 rings (SSSR count). The molecule has 106 valence electrons. The fourth-order valence-corrected chi connectivity index (χ4v) is 1.66. The summed E-state index contributed by atoms with van der Waals surface area (Å²) in [4.78, 5) is 11.6. The zero-order chi connectivity index (χ0) is 14.1. The van der Waals surface area contributed by atoms with Gasteiger partial charge in [0.1, 0.15) is 0 Å². The summed E-state index contributed by atoms with van der Waals surface area (Å²) < 4.78 is 18.2. The molecule has 0 aliphatic carbocycles. The van der Waals surface area contributed by atoms with E-state index in [0.717, 1.165) is 19.5 Å². The summed E-state index contributed by atoms with van der Waals surface area (Å²) in [5, 5.41) is 5.97. The minimum atomic E-state index is -0.447. The highest BCUT2D eigenvalue weighted by atomic mass is 19.1. The first kappa shape index (κ1) is 15.4. The lowest BCUT2D eigenvalue weighted by atomic mass is 10.1. The molecule has 19 heavy (non-hydrogen) atoms. The summed E-state index contributed by atoms with van der Waals surface area (Å²) in [5.41, 5.74) is 0.636. The highest BCUT2D eigenvalue weighted by Crippen LogP contribution is 2.17. The Labute approximate surface area is 113 Å². The van der Waals surface area contributed by atoms with Crippen LogP contribution in [0.5, 0.6) is 5.75 Å². The van der Waals surface area contributed by atoms with E-state index in [1.807, 2.05) is 0 Å². The van der Waals surface area contributed by atoms with E-state index in [2.05, 4.69) is 17.6 Å². The van der Waals surface area contributed by atoms with E-state index in [-0.39, 0.29) is 18.1 Å². The lowest BCUT2D eigenvalue weighted by Gasteiger charge is -2.07. The topological polar surface area (TPSA) is 50.4 Å². The van der Waals surface area contributed by atoms with Crippen LogP contribution in [0, 0.1) is 5.82 Å². The minimum absolute atomic E-state index is 0.108. The molecule has 0 radical (unpaired) electrons. The van der Waals surface area contributed by atoms with Gasteiger partial charge in [0.05, 0.1) is 13.5 Å². The lowest BCUT2D eigenvalue weighted by molar-refractivity contribution is -0.120. The van der Waals surface area contributed by atoms with Crippen LogP contribution >= 0.6 is 0 Å². The largest absolute Gasteiger partial charge is 0.494 e. The minimum Gasteiger partial charge on any atom is -0.494 e. The molecular weight excluding hydrogens is 247 g/mol. The predicted molar refractivity (Wildman–Crippen MR) is 72.8 cm³/mol. The van der Waals surface area contributed by atoms with Crippen LogP contribution in [0.15, 0.2) is 18.2 Å².